The second kappa shape index (κ2) is 12.0. The molecule has 6 heteroatoms. The van der Waals surface area contributed by atoms with Crippen LogP contribution in [0.1, 0.15) is 44.7 Å². The molecule has 0 aliphatic heterocycles. The van der Waals surface area contributed by atoms with Gasteiger partial charge in [-0.05, 0) is 73.8 Å². The number of methoxy groups -OCH3 is 1. The fourth-order valence-corrected chi connectivity index (χ4v) is 5.14. The van der Waals surface area contributed by atoms with Crippen molar-refractivity contribution in [2.24, 2.45) is 11.8 Å². The third-order valence-electron chi connectivity index (χ3n) is 6.91. The highest BCUT2D eigenvalue weighted by molar-refractivity contribution is 5.83. The number of hydrogen-bond acceptors (Lipinski definition) is 4. The summed E-state index contributed by atoms with van der Waals surface area (Å²) >= 11 is 0. The van der Waals surface area contributed by atoms with Crippen molar-refractivity contribution in [2.45, 2.75) is 52.0 Å². The van der Waals surface area contributed by atoms with Crippen LogP contribution in [-0.2, 0) is 22.5 Å². The Morgan fingerprint density at radius 1 is 1.00 bits per heavy atom. The van der Waals surface area contributed by atoms with E-state index in [4.69, 9.17) is 19.7 Å². The van der Waals surface area contributed by atoms with Gasteiger partial charge in [-0.25, -0.2) is 4.79 Å². The average molecular weight is 477 g/mol. The van der Waals surface area contributed by atoms with Gasteiger partial charge in [0.05, 0.1) is 25.1 Å². The van der Waals surface area contributed by atoms with Crippen LogP contribution in [0.5, 0.6) is 5.75 Å². The SMILES string of the molecule is CCCc1nn(CC2CCC(COCC(=O)O)CC2)c(-c2ccc(OC)cc2)c1-c1ccccc1. The Balaban J connectivity index is 1.61. The molecule has 3 aromatic rings. The molecule has 0 saturated heterocycles. The fraction of sp³-hybridized carbons (Fsp3) is 0.448. The maximum absolute atomic E-state index is 10.7. The Bertz CT molecular complexity index is 1080. The number of carbonyl (C=O) groups is 1. The van der Waals surface area contributed by atoms with Crippen molar-refractivity contribution in [3.63, 3.8) is 0 Å². The molecule has 0 bridgehead atoms. The lowest BCUT2D eigenvalue weighted by Gasteiger charge is -2.28. The third-order valence-corrected chi connectivity index (χ3v) is 6.91. The molecule has 0 radical (unpaired) electrons. The zero-order valence-corrected chi connectivity index (χ0v) is 20.8. The predicted molar refractivity (Wildman–Crippen MR) is 138 cm³/mol. The molecule has 1 aliphatic carbocycles. The summed E-state index contributed by atoms with van der Waals surface area (Å²) in [4.78, 5) is 10.7. The van der Waals surface area contributed by atoms with Gasteiger partial charge in [0.2, 0.25) is 0 Å². The van der Waals surface area contributed by atoms with Crippen molar-refractivity contribution >= 4 is 5.97 Å². The summed E-state index contributed by atoms with van der Waals surface area (Å²) in [5.74, 6) is 0.930. The molecule has 1 fully saturated rings. The fourth-order valence-electron chi connectivity index (χ4n) is 5.14. The molecule has 2 aromatic carbocycles. The molecule has 4 rings (SSSR count). The maximum Gasteiger partial charge on any atom is 0.329 e. The topological polar surface area (TPSA) is 73.6 Å². The lowest BCUT2D eigenvalue weighted by Crippen LogP contribution is -2.23. The smallest absolute Gasteiger partial charge is 0.329 e. The molecule has 0 spiro atoms. The van der Waals surface area contributed by atoms with Gasteiger partial charge < -0.3 is 14.6 Å². The number of nitrogens with zero attached hydrogens (tertiary/aromatic N) is 2. The van der Waals surface area contributed by atoms with Crippen LogP contribution >= 0.6 is 0 Å². The molecule has 0 amide bonds. The molecule has 1 aliphatic rings. The highest BCUT2D eigenvalue weighted by Crippen LogP contribution is 2.38. The summed E-state index contributed by atoms with van der Waals surface area (Å²) in [6, 6.07) is 18.9. The molecule has 1 N–H and O–H groups in total. The molecule has 6 nitrogen and oxygen atoms in total. The van der Waals surface area contributed by atoms with Crippen molar-refractivity contribution in [1.82, 2.24) is 9.78 Å². The summed E-state index contributed by atoms with van der Waals surface area (Å²) in [7, 11) is 1.69. The normalized spacial score (nSPS) is 17.9. The van der Waals surface area contributed by atoms with Gasteiger partial charge in [-0.3, -0.25) is 4.68 Å². The number of aliphatic carboxylic acids is 1. The quantitative estimate of drug-likeness (QED) is 0.363. The maximum atomic E-state index is 10.7. The van der Waals surface area contributed by atoms with Crippen LogP contribution in [0.25, 0.3) is 22.4 Å². The van der Waals surface area contributed by atoms with Crippen LogP contribution in [0.15, 0.2) is 54.6 Å². The van der Waals surface area contributed by atoms with E-state index < -0.39 is 5.97 Å². The number of carboxylic acid groups (broad SMARTS) is 1. The standard InChI is InChI=1S/C29H36N2O4/c1-3-7-26-28(23-8-5-4-6-9-23)29(24-14-16-25(34-2)17-15-24)31(30-26)18-21-10-12-22(13-11-21)19-35-20-27(32)33/h4-6,8-9,14-17,21-22H,3,7,10-13,18-20H2,1-2H3,(H,32,33). The molecule has 35 heavy (non-hydrogen) atoms. The van der Waals surface area contributed by atoms with Crippen LogP contribution in [0.4, 0.5) is 0 Å². The van der Waals surface area contributed by atoms with Crippen LogP contribution in [0.2, 0.25) is 0 Å². The van der Waals surface area contributed by atoms with E-state index in [9.17, 15) is 4.79 Å². The number of benzene rings is 2. The number of aryl methyl sites for hydroxylation is 1. The second-order valence-electron chi connectivity index (χ2n) is 9.49. The van der Waals surface area contributed by atoms with Gasteiger partial charge in [0, 0.05) is 17.7 Å². The molecular weight excluding hydrogens is 440 g/mol. The molecule has 1 aromatic heterocycles. The Kier molecular flexibility index (Phi) is 8.59. The molecule has 1 saturated carbocycles. The van der Waals surface area contributed by atoms with E-state index in [2.05, 4.69) is 54.1 Å². The van der Waals surface area contributed by atoms with Crippen LogP contribution in [-0.4, -0.2) is 41.2 Å². The van der Waals surface area contributed by atoms with Crippen LogP contribution < -0.4 is 4.74 Å². The summed E-state index contributed by atoms with van der Waals surface area (Å²) in [5, 5.41) is 14.0. The van der Waals surface area contributed by atoms with Crippen molar-refractivity contribution < 1.29 is 19.4 Å². The first-order valence-electron chi connectivity index (χ1n) is 12.7. The molecule has 0 unspecified atom stereocenters. The first kappa shape index (κ1) is 25.0. The van der Waals surface area contributed by atoms with Crippen molar-refractivity contribution in [3.8, 4) is 28.1 Å². The number of carboxylic acids is 1. The zero-order valence-electron chi connectivity index (χ0n) is 20.8. The van der Waals surface area contributed by atoms with Gasteiger partial charge in [0.15, 0.2) is 0 Å². The van der Waals surface area contributed by atoms with Gasteiger partial charge >= 0.3 is 5.97 Å². The van der Waals surface area contributed by atoms with E-state index in [1.54, 1.807) is 7.11 Å². The second-order valence-corrected chi connectivity index (χ2v) is 9.49. The van der Waals surface area contributed by atoms with Crippen LogP contribution in [0, 0.1) is 11.8 Å². The van der Waals surface area contributed by atoms with E-state index >= 15 is 0 Å². The zero-order chi connectivity index (χ0) is 24.6. The molecule has 0 atom stereocenters. The lowest BCUT2D eigenvalue weighted by molar-refractivity contribution is -0.142. The van der Waals surface area contributed by atoms with Crippen molar-refractivity contribution in [2.75, 3.05) is 20.3 Å². The minimum Gasteiger partial charge on any atom is -0.497 e. The number of aromatic nitrogens is 2. The van der Waals surface area contributed by atoms with E-state index in [0.29, 0.717) is 18.4 Å². The summed E-state index contributed by atoms with van der Waals surface area (Å²) in [6.45, 7) is 3.42. The van der Waals surface area contributed by atoms with Gasteiger partial charge in [0.25, 0.3) is 0 Å². The molecule has 1 heterocycles. The molecule has 186 valence electrons. The summed E-state index contributed by atoms with van der Waals surface area (Å²) in [6.07, 6.45) is 6.32. The minimum absolute atomic E-state index is 0.207. The monoisotopic (exact) mass is 476 g/mol. The Hall–Kier alpha value is -3.12. The average Bonchev–Trinajstić information content (AvgIpc) is 3.23. The van der Waals surface area contributed by atoms with Gasteiger partial charge in [0.1, 0.15) is 12.4 Å². The third kappa shape index (κ3) is 6.31. The minimum atomic E-state index is -0.902. The predicted octanol–water partition coefficient (Wildman–Crippen LogP) is 6.09. The summed E-state index contributed by atoms with van der Waals surface area (Å²) in [5.41, 5.74) is 5.91. The lowest BCUT2D eigenvalue weighted by atomic mass is 9.82. The number of hydrogen-bond donors (Lipinski definition) is 1. The highest BCUT2D eigenvalue weighted by Gasteiger charge is 2.26. The van der Waals surface area contributed by atoms with E-state index in [1.165, 1.54) is 16.8 Å². The number of rotatable bonds is 11. The first-order chi connectivity index (χ1) is 17.1. The van der Waals surface area contributed by atoms with E-state index in [-0.39, 0.29) is 6.61 Å². The van der Waals surface area contributed by atoms with Gasteiger partial charge in [-0.2, -0.15) is 5.10 Å². The molecular formula is C29H36N2O4. The van der Waals surface area contributed by atoms with Crippen molar-refractivity contribution in [3.05, 3.63) is 60.3 Å². The van der Waals surface area contributed by atoms with E-state index in [0.717, 1.165) is 62.1 Å². The van der Waals surface area contributed by atoms with Crippen LogP contribution in [0.3, 0.4) is 0 Å². The number of ether oxygens (including phenoxy) is 2. The largest absolute Gasteiger partial charge is 0.497 e. The van der Waals surface area contributed by atoms with E-state index in [1.807, 2.05) is 12.1 Å². The van der Waals surface area contributed by atoms with Gasteiger partial charge in [-0.1, -0.05) is 43.7 Å². The highest BCUT2D eigenvalue weighted by atomic mass is 16.5. The Morgan fingerprint density at radius 3 is 2.31 bits per heavy atom. The Labute approximate surface area is 207 Å². The Morgan fingerprint density at radius 2 is 1.69 bits per heavy atom. The first-order valence-corrected chi connectivity index (χ1v) is 12.7. The van der Waals surface area contributed by atoms with Crippen molar-refractivity contribution in [1.29, 1.82) is 0 Å². The van der Waals surface area contributed by atoms with Gasteiger partial charge in [-0.15, -0.1) is 0 Å². The summed E-state index contributed by atoms with van der Waals surface area (Å²) < 4.78 is 13.0.